The molecule has 0 aliphatic heterocycles. The average molecular weight is 479 g/mol. The molecule has 0 bridgehead atoms. The number of rotatable bonds is 9. The summed E-state index contributed by atoms with van der Waals surface area (Å²) < 4.78 is 5.57. The van der Waals surface area contributed by atoms with E-state index in [1.165, 1.54) is 11.1 Å². The van der Waals surface area contributed by atoms with Crippen LogP contribution in [-0.4, -0.2) is 42.3 Å². The second kappa shape index (κ2) is 10.9. The van der Waals surface area contributed by atoms with Crippen molar-refractivity contribution < 1.29 is 24.2 Å². The summed E-state index contributed by atoms with van der Waals surface area (Å²) in [7, 11) is 0. The van der Waals surface area contributed by atoms with E-state index in [1.54, 1.807) is 0 Å². The Labute approximate surface area is 206 Å². The van der Waals surface area contributed by atoms with Crippen LogP contribution < -0.4 is 10.6 Å². The summed E-state index contributed by atoms with van der Waals surface area (Å²) in [6.45, 7) is 2.23. The zero-order chi connectivity index (χ0) is 24.8. The first-order valence-electron chi connectivity index (χ1n) is 12.5. The largest absolute Gasteiger partial charge is 0.481 e. The van der Waals surface area contributed by atoms with Crippen molar-refractivity contribution in [2.24, 2.45) is 5.41 Å². The van der Waals surface area contributed by atoms with E-state index in [4.69, 9.17) is 4.74 Å². The van der Waals surface area contributed by atoms with Crippen LogP contribution in [-0.2, 0) is 14.3 Å². The second-order valence-corrected chi connectivity index (χ2v) is 9.83. The van der Waals surface area contributed by atoms with Gasteiger partial charge in [-0.05, 0) is 48.4 Å². The van der Waals surface area contributed by atoms with Crippen molar-refractivity contribution in [2.45, 2.75) is 63.8 Å². The maximum Gasteiger partial charge on any atom is 0.407 e. The van der Waals surface area contributed by atoms with Crippen molar-refractivity contribution in [2.75, 3.05) is 13.2 Å². The Morgan fingerprint density at radius 2 is 1.60 bits per heavy atom. The van der Waals surface area contributed by atoms with Gasteiger partial charge in [-0.25, -0.2) is 4.79 Å². The monoisotopic (exact) mass is 478 g/mol. The summed E-state index contributed by atoms with van der Waals surface area (Å²) in [5, 5.41) is 15.2. The zero-order valence-electron chi connectivity index (χ0n) is 20.2. The van der Waals surface area contributed by atoms with Crippen molar-refractivity contribution >= 4 is 18.0 Å². The second-order valence-electron chi connectivity index (χ2n) is 9.83. The third-order valence-electron chi connectivity index (χ3n) is 7.40. The van der Waals surface area contributed by atoms with Crippen molar-refractivity contribution in [1.29, 1.82) is 0 Å². The van der Waals surface area contributed by atoms with Gasteiger partial charge in [-0.2, -0.15) is 0 Å². The maximum absolute atomic E-state index is 12.4. The lowest BCUT2D eigenvalue weighted by Crippen LogP contribution is -2.44. The molecule has 4 rings (SSSR count). The highest BCUT2D eigenvalue weighted by molar-refractivity contribution is 5.80. The topological polar surface area (TPSA) is 105 Å². The number of aliphatic carboxylic acids is 1. The molecule has 0 radical (unpaired) electrons. The first kappa shape index (κ1) is 24.8. The predicted octanol–water partition coefficient (Wildman–Crippen LogP) is 4.85. The number of carbonyl (C=O) groups excluding carboxylic acids is 2. The van der Waals surface area contributed by atoms with Gasteiger partial charge in [-0.1, -0.05) is 67.8 Å². The van der Waals surface area contributed by atoms with E-state index in [1.807, 2.05) is 31.2 Å². The quantitative estimate of drug-likeness (QED) is 0.478. The van der Waals surface area contributed by atoms with Crippen molar-refractivity contribution in [3.05, 3.63) is 59.7 Å². The van der Waals surface area contributed by atoms with Crippen LogP contribution in [0.25, 0.3) is 11.1 Å². The smallest absolute Gasteiger partial charge is 0.407 e. The van der Waals surface area contributed by atoms with E-state index >= 15 is 0 Å². The Bertz CT molecular complexity index is 1030. The van der Waals surface area contributed by atoms with E-state index in [0.29, 0.717) is 19.3 Å². The molecule has 1 saturated carbocycles. The van der Waals surface area contributed by atoms with Crippen LogP contribution in [0.4, 0.5) is 4.79 Å². The zero-order valence-corrected chi connectivity index (χ0v) is 20.2. The molecule has 2 aliphatic rings. The highest BCUT2D eigenvalue weighted by atomic mass is 16.5. The van der Waals surface area contributed by atoms with Gasteiger partial charge >= 0.3 is 12.1 Å². The van der Waals surface area contributed by atoms with Crippen LogP contribution >= 0.6 is 0 Å². The molecule has 1 fully saturated rings. The Morgan fingerprint density at radius 1 is 1.00 bits per heavy atom. The number of carboxylic acids is 1. The van der Waals surface area contributed by atoms with Crippen LogP contribution in [0, 0.1) is 5.41 Å². The number of alkyl carbamates (subject to hydrolysis) is 1. The summed E-state index contributed by atoms with van der Waals surface area (Å²) in [6, 6.07) is 16.1. The molecule has 0 aromatic heterocycles. The van der Waals surface area contributed by atoms with Gasteiger partial charge in [0.2, 0.25) is 5.91 Å². The van der Waals surface area contributed by atoms with Crippen molar-refractivity contribution in [1.82, 2.24) is 10.6 Å². The van der Waals surface area contributed by atoms with Gasteiger partial charge in [0.15, 0.2) is 0 Å². The summed E-state index contributed by atoms with van der Waals surface area (Å²) in [5.41, 5.74) is 3.81. The van der Waals surface area contributed by atoms with E-state index in [2.05, 4.69) is 34.9 Å². The molecule has 0 saturated heterocycles. The molecule has 3 N–H and O–H groups in total. The minimum Gasteiger partial charge on any atom is -0.481 e. The molecule has 0 heterocycles. The standard InChI is InChI=1S/C28H34N2O5/c1-19(13-14-25(31)29-18-28(26(32)33)15-7-2-8-16-28)30-27(34)35-17-24-22-11-5-3-9-20(22)21-10-4-6-12-23(21)24/h3-6,9-12,19,24H,2,7-8,13-18H2,1H3,(H,29,31)(H,30,34)(H,32,33). The highest BCUT2D eigenvalue weighted by Gasteiger charge is 2.39. The summed E-state index contributed by atoms with van der Waals surface area (Å²) in [5.74, 6) is -1.03. The Hall–Kier alpha value is -3.35. The van der Waals surface area contributed by atoms with Gasteiger partial charge in [-0.15, -0.1) is 0 Å². The number of amides is 2. The van der Waals surface area contributed by atoms with Crippen LogP contribution in [0.1, 0.15) is 68.9 Å². The Balaban J connectivity index is 1.22. The van der Waals surface area contributed by atoms with Gasteiger partial charge in [0, 0.05) is 24.9 Å². The third-order valence-corrected chi connectivity index (χ3v) is 7.40. The molecule has 7 nitrogen and oxygen atoms in total. The number of hydrogen-bond donors (Lipinski definition) is 3. The number of benzene rings is 2. The molecule has 0 spiro atoms. The summed E-state index contributed by atoms with van der Waals surface area (Å²) in [6.07, 6.45) is 4.14. The summed E-state index contributed by atoms with van der Waals surface area (Å²) in [4.78, 5) is 36.5. The van der Waals surface area contributed by atoms with Crippen LogP contribution in [0.3, 0.4) is 0 Å². The Kier molecular flexibility index (Phi) is 7.73. The highest BCUT2D eigenvalue weighted by Crippen LogP contribution is 2.44. The first-order chi connectivity index (χ1) is 16.9. The molecule has 7 heteroatoms. The molecule has 186 valence electrons. The maximum atomic E-state index is 12.4. The number of hydrogen-bond acceptors (Lipinski definition) is 4. The molecule has 2 aliphatic carbocycles. The predicted molar refractivity (Wildman–Crippen MR) is 133 cm³/mol. The van der Waals surface area contributed by atoms with Gasteiger partial charge < -0.3 is 20.5 Å². The van der Waals surface area contributed by atoms with E-state index in [0.717, 1.165) is 30.4 Å². The molecular weight excluding hydrogens is 444 g/mol. The number of fused-ring (bicyclic) bond motifs is 3. The lowest BCUT2D eigenvalue weighted by atomic mass is 9.74. The van der Waals surface area contributed by atoms with Gasteiger partial charge in [0.25, 0.3) is 0 Å². The van der Waals surface area contributed by atoms with Gasteiger partial charge in [0.1, 0.15) is 6.61 Å². The van der Waals surface area contributed by atoms with Gasteiger partial charge in [0.05, 0.1) is 5.41 Å². The molecule has 2 amide bonds. The van der Waals surface area contributed by atoms with E-state index < -0.39 is 17.5 Å². The number of nitrogens with one attached hydrogen (secondary N) is 2. The minimum absolute atomic E-state index is 0.00410. The molecular formula is C28H34N2O5. The first-order valence-corrected chi connectivity index (χ1v) is 12.5. The molecule has 2 aromatic carbocycles. The lowest BCUT2D eigenvalue weighted by Gasteiger charge is -2.33. The fourth-order valence-electron chi connectivity index (χ4n) is 5.31. The SMILES string of the molecule is CC(CCC(=O)NCC1(C(=O)O)CCCCC1)NC(=O)OCC1c2ccccc2-c2ccccc21. The summed E-state index contributed by atoms with van der Waals surface area (Å²) >= 11 is 0. The van der Waals surface area contributed by atoms with E-state index in [9.17, 15) is 19.5 Å². The fourth-order valence-corrected chi connectivity index (χ4v) is 5.31. The van der Waals surface area contributed by atoms with Crippen molar-refractivity contribution in [3.8, 4) is 11.1 Å². The molecule has 2 aromatic rings. The molecule has 1 unspecified atom stereocenters. The van der Waals surface area contributed by atoms with Crippen LogP contribution in [0.15, 0.2) is 48.5 Å². The Morgan fingerprint density at radius 3 is 2.20 bits per heavy atom. The number of carboxylic acid groups (broad SMARTS) is 1. The lowest BCUT2D eigenvalue weighted by molar-refractivity contribution is -0.151. The third kappa shape index (κ3) is 5.66. The van der Waals surface area contributed by atoms with Crippen LogP contribution in [0.5, 0.6) is 0 Å². The van der Waals surface area contributed by atoms with Crippen LogP contribution in [0.2, 0.25) is 0 Å². The minimum atomic E-state index is -0.848. The normalized spacial score (nSPS) is 17.1. The number of ether oxygens (including phenoxy) is 1. The van der Waals surface area contributed by atoms with E-state index in [-0.39, 0.29) is 37.4 Å². The average Bonchev–Trinajstić information content (AvgIpc) is 3.19. The fraction of sp³-hybridized carbons (Fsp3) is 0.464. The molecule has 35 heavy (non-hydrogen) atoms. The number of carbonyl (C=O) groups is 3. The van der Waals surface area contributed by atoms with Gasteiger partial charge in [-0.3, -0.25) is 9.59 Å². The van der Waals surface area contributed by atoms with Crippen molar-refractivity contribution in [3.63, 3.8) is 0 Å². The molecule has 1 atom stereocenters.